The molecular weight excluding hydrogens is 332 g/mol. The van der Waals surface area contributed by atoms with E-state index in [-0.39, 0.29) is 0 Å². The molecule has 1 aromatic carbocycles. The van der Waals surface area contributed by atoms with E-state index in [4.69, 9.17) is 18.4 Å². The number of benzene rings is 1. The van der Waals surface area contributed by atoms with Crippen molar-refractivity contribution in [3.8, 4) is 23.0 Å². The van der Waals surface area contributed by atoms with Crippen LogP contribution in [0, 0.1) is 0 Å². The standard InChI is InChI=1S/C15H16N4O4S/c1-4-12-16-13(23-19-12)8-24-15-18-17-14(22-15)10-6-5-9(20-2)7-11(10)21-3/h5-7H,4,8H2,1-3H3. The van der Waals surface area contributed by atoms with Gasteiger partial charge in [-0.1, -0.05) is 23.8 Å². The fraction of sp³-hybridized carbons (Fsp3) is 0.333. The Morgan fingerprint density at radius 3 is 2.75 bits per heavy atom. The molecule has 0 aliphatic heterocycles. The molecule has 9 heteroatoms. The van der Waals surface area contributed by atoms with Gasteiger partial charge in [0.15, 0.2) is 5.82 Å². The molecule has 0 aliphatic rings. The summed E-state index contributed by atoms with van der Waals surface area (Å²) < 4.78 is 21.3. The van der Waals surface area contributed by atoms with Gasteiger partial charge in [0.2, 0.25) is 5.89 Å². The average molecular weight is 348 g/mol. The van der Waals surface area contributed by atoms with Crippen LogP contribution in [0.4, 0.5) is 0 Å². The van der Waals surface area contributed by atoms with E-state index in [1.807, 2.05) is 13.0 Å². The summed E-state index contributed by atoms with van der Waals surface area (Å²) in [6.07, 6.45) is 0.732. The van der Waals surface area contributed by atoms with Gasteiger partial charge in [0, 0.05) is 12.5 Å². The number of hydrogen-bond acceptors (Lipinski definition) is 9. The summed E-state index contributed by atoms with van der Waals surface area (Å²) >= 11 is 1.33. The summed E-state index contributed by atoms with van der Waals surface area (Å²) in [5.74, 6) is 3.33. The van der Waals surface area contributed by atoms with Crippen LogP contribution in [0.5, 0.6) is 11.5 Å². The second-order valence-corrected chi connectivity index (χ2v) is 5.61. The first-order chi connectivity index (χ1) is 11.7. The maximum absolute atomic E-state index is 5.67. The monoisotopic (exact) mass is 348 g/mol. The van der Waals surface area contributed by atoms with Crippen LogP contribution in [0.15, 0.2) is 32.4 Å². The lowest BCUT2D eigenvalue weighted by Crippen LogP contribution is -1.90. The Hall–Kier alpha value is -2.55. The van der Waals surface area contributed by atoms with Gasteiger partial charge in [-0.15, -0.1) is 10.2 Å². The Labute approximate surface area is 142 Å². The lowest BCUT2D eigenvalue weighted by Gasteiger charge is -2.07. The number of ether oxygens (including phenoxy) is 2. The molecule has 8 nitrogen and oxygen atoms in total. The molecule has 3 rings (SSSR count). The van der Waals surface area contributed by atoms with E-state index >= 15 is 0 Å². The number of aromatic nitrogens is 4. The SMILES string of the molecule is CCc1noc(CSc2nnc(-c3ccc(OC)cc3OC)o2)n1. The summed E-state index contributed by atoms with van der Waals surface area (Å²) in [5.41, 5.74) is 0.698. The lowest BCUT2D eigenvalue weighted by atomic mass is 10.2. The Morgan fingerprint density at radius 2 is 2.04 bits per heavy atom. The summed E-state index contributed by atoms with van der Waals surface area (Å²) in [4.78, 5) is 4.23. The number of hydrogen-bond donors (Lipinski definition) is 0. The van der Waals surface area contributed by atoms with Crippen LogP contribution in [-0.4, -0.2) is 34.6 Å². The van der Waals surface area contributed by atoms with Crippen LogP contribution in [0.2, 0.25) is 0 Å². The first kappa shape index (κ1) is 16.3. The van der Waals surface area contributed by atoms with Crippen molar-refractivity contribution >= 4 is 11.8 Å². The molecule has 0 atom stereocenters. The first-order valence-corrected chi connectivity index (χ1v) is 8.22. The van der Waals surface area contributed by atoms with E-state index in [2.05, 4.69) is 20.3 Å². The molecule has 0 aliphatic carbocycles. The van der Waals surface area contributed by atoms with Crippen molar-refractivity contribution in [2.24, 2.45) is 0 Å². The number of methoxy groups -OCH3 is 2. The highest BCUT2D eigenvalue weighted by Crippen LogP contribution is 2.34. The van der Waals surface area contributed by atoms with Crippen LogP contribution >= 0.6 is 11.8 Å². The van der Waals surface area contributed by atoms with E-state index in [9.17, 15) is 0 Å². The van der Waals surface area contributed by atoms with Crippen LogP contribution in [0.1, 0.15) is 18.6 Å². The third-order valence-corrected chi connectivity index (χ3v) is 3.99. The van der Waals surface area contributed by atoms with Crippen LogP contribution in [-0.2, 0) is 12.2 Å². The van der Waals surface area contributed by atoms with Crippen molar-refractivity contribution in [1.82, 2.24) is 20.3 Å². The largest absolute Gasteiger partial charge is 0.497 e. The molecule has 0 radical (unpaired) electrons. The van der Waals surface area contributed by atoms with Crippen LogP contribution < -0.4 is 9.47 Å². The third kappa shape index (κ3) is 3.51. The zero-order chi connectivity index (χ0) is 16.9. The molecule has 2 heterocycles. The molecule has 0 unspecified atom stereocenters. The van der Waals surface area contributed by atoms with Crippen molar-refractivity contribution in [2.45, 2.75) is 24.3 Å². The highest BCUT2D eigenvalue weighted by atomic mass is 32.2. The zero-order valence-electron chi connectivity index (χ0n) is 13.5. The Balaban J connectivity index is 1.73. The van der Waals surface area contributed by atoms with Gasteiger partial charge in [0.25, 0.3) is 11.1 Å². The molecule has 3 aromatic rings. The summed E-state index contributed by atoms with van der Waals surface area (Å²) in [5, 5.41) is 12.3. The van der Waals surface area contributed by atoms with E-state index in [0.29, 0.717) is 45.6 Å². The first-order valence-electron chi connectivity index (χ1n) is 7.23. The van der Waals surface area contributed by atoms with E-state index < -0.39 is 0 Å². The van der Waals surface area contributed by atoms with Gasteiger partial charge in [0.1, 0.15) is 11.5 Å². The van der Waals surface area contributed by atoms with E-state index in [1.54, 1.807) is 26.4 Å². The summed E-state index contributed by atoms with van der Waals surface area (Å²) in [6.45, 7) is 1.97. The van der Waals surface area contributed by atoms with Crippen molar-refractivity contribution in [2.75, 3.05) is 14.2 Å². The molecule has 0 bridgehead atoms. The molecule has 0 N–H and O–H groups in total. The topological polar surface area (TPSA) is 96.3 Å². The molecule has 0 amide bonds. The highest BCUT2D eigenvalue weighted by Gasteiger charge is 2.15. The van der Waals surface area contributed by atoms with Crippen molar-refractivity contribution in [1.29, 1.82) is 0 Å². The quantitative estimate of drug-likeness (QED) is 0.597. The molecule has 24 heavy (non-hydrogen) atoms. The fourth-order valence-electron chi connectivity index (χ4n) is 1.97. The minimum Gasteiger partial charge on any atom is -0.497 e. The van der Waals surface area contributed by atoms with Crippen molar-refractivity contribution in [3.63, 3.8) is 0 Å². The number of thioether (sulfide) groups is 1. The van der Waals surface area contributed by atoms with Crippen LogP contribution in [0.25, 0.3) is 11.5 Å². The van der Waals surface area contributed by atoms with Gasteiger partial charge < -0.3 is 18.4 Å². The zero-order valence-corrected chi connectivity index (χ0v) is 14.3. The smallest absolute Gasteiger partial charge is 0.277 e. The summed E-state index contributed by atoms with van der Waals surface area (Å²) in [6, 6.07) is 5.38. The molecular formula is C15H16N4O4S. The third-order valence-electron chi connectivity index (χ3n) is 3.19. The van der Waals surface area contributed by atoms with Crippen molar-refractivity contribution in [3.05, 3.63) is 29.9 Å². The predicted molar refractivity (Wildman–Crippen MR) is 86.1 cm³/mol. The molecule has 0 spiro atoms. The molecule has 2 aromatic heterocycles. The normalized spacial score (nSPS) is 10.8. The second-order valence-electron chi connectivity index (χ2n) is 4.69. The second kappa shape index (κ2) is 7.35. The minimum absolute atomic E-state index is 0.372. The van der Waals surface area contributed by atoms with Gasteiger partial charge in [-0.3, -0.25) is 0 Å². The Morgan fingerprint density at radius 1 is 1.17 bits per heavy atom. The van der Waals surface area contributed by atoms with Gasteiger partial charge >= 0.3 is 0 Å². The van der Waals surface area contributed by atoms with Crippen LogP contribution in [0.3, 0.4) is 0 Å². The predicted octanol–water partition coefficient (Wildman–Crippen LogP) is 2.99. The highest BCUT2D eigenvalue weighted by molar-refractivity contribution is 7.98. The Kier molecular flexibility index (Phi) is 4.99. The summed E-state index contributed by atoms with van der Waals surface area (Å²) in [7, 11) is 3.17. The molecule has 126 valence electrons. The van der Waals surface area contributed by atoms with Gasteiger partial charge in [-0.05, 0) is 12.1 Å². The van der Waals surface area contributed by atoms with Crippen molar-refractivity contribution < 1.29 is 18.4 Å². The fourth-order valence-corrected chi connectivity index (χ4v) is 2.57. The average Bonchev–Trinajstić information content (AvgIpc) is 3.28. The lowest BCUT2D eigenvalue weighted by molar-refractivity contribution is 0.384. The molecule has 0 fully saturated rings. The maximum Gasteiger partial charge on any atom is 0.277 e. The number of rotatable bonds is 7. The van der Waals surface area contributed by atoms with E-state index in [0.717, 1.165) is 6.42 Å². The molecule has 0 saturated heterocycles. The minimum atomic E-state index is 0.372. The number of nitrogens with zero attached hydrogens (tertiary/aromatic N) is 4. The Bertz CT molecular complexity index is 817. The maximum atomic E-state index is 5.67. The van der Waals surface area contributed by atoms with Gasteiger partial charge in [0.05, 0.1) is 25.5 Å². The molecule has 0 saturated carbocycles. The van der Waals surface area contributed by atoms with E-state index in [1.165, 1.54) is 11.8 Å². The number of aryl methyl sites for hydroxylation is 1. The van der Waals surface area contributed by atoms with Gasteiger partial charge in [-0.25, -0.2) is 0 Å². The van der Waals surface area contributed by atoms with Gasteiger partial charge in [-0.2, -0.15) is 4.98 Å².